The van der Waals surface area contributed by atoms with Gasteiger partial charge in [0.15, 0.2) is 0 Å². The Labute approximate surface area is 167 Å². The molecular weight excluding hydrogens is 342 g/mol. The van der Waals surface area contributed by atoms with E-state index in [0.29, 0.717) is 19.4 Å². The molecule has 0 aromatic heterocycles. The monoisotopic (exact) mass is 387 g/mol. The van der Waals surface area contributed by atoms with Crippen LogP contribution in [0.25, 0.3) is 0 Å². The molecule has 5 heteroatoms. The topological polar surface area (TPSA) is 59.0 Å². The zero-order valence-electron chi connectivity index (χ0n) is 18.2. The summed E-state index contributed by atoms with van der Waals surface area (Å²) in [4.78, 5) is 13.9. The van der Waals surface area contributed by atoms with E-state index >= 15 is 0 Å². The van der Waals surface area contributed by atoms with Crippen LogP contribution in [0, 0.1) is 0 Å². The largest absolute Gasteiger partial charge is 0.508 e. The van der Waals surface area contributed by atoms with E-state index in [2.05, 4.69) is 11.8 Å². The molecule has 1 atom stereocenters. The Morgan fingerprint density at radius 1 is 0.852 bits per heavy atom. The molecule has 27 heavy (non-hydrogen) atoms. The van der Waals surface area contributed by atoms with Crippen molar-refractivity contribution in [3.05, 3.63) is 0 Å². The number of aliphatic hydroxyl groups is 1. The fourth-order valence-corrected chi connectivity index (χ4v) is 3.15. The Balaban J connectivity index is 3.75. The van der Waals surface area contributed by atoms with E-state index in [0.717, 1.165) is 25.8 Å². The van der Waals surface area contributed by atoms with E-state index in [9.17, 15) is 4.79 Å². The summed E-state index contributed by atoms with van der Waals surface area (Å²) in [6.07, 6.45) is 15.3. The van der Waals surface area contributed by atoms with Crippen LogP contribution in [0.15, 0.2) is 0 Å². The summed E-state index contributed by atoms with van der Waals surface area (Å²) in [6, 6.07) is 0. The second-order valence-electron chi connectivity index (χ2n) is 7.83. The third kappa shape index (κ3) is 19.7. The SMILES string of the molecule is CCCCCCCCCCCC[C@H](CCCO)OC(=O)OCCCN(C)C. The maximum atomic E-state index is 11.8. The number of carbonyl (C=O) groups is 1. The standard InChI is InChI=1S/C22H45NO4/c1-4-5-6-7-8-9-10-11-12-13-16-21(17-14-19-24)27-22(25)26-20-15-18-23(2)3/h21,24H,4-20H2,1-3H3/t21-/m1/s1. The first-order chi connectivity index (χ1) is 13.1. The Hall–Kier alpha value is -0.810. The molecule has 0 aliphatic carbocycles. The number of hydrogen-bond acceptors (Lipinski definition) is 5. The predicted octanol–water partition coefficient (Wildman–Crippen LogP) is 5.54. The molecule has 0 aromatic rings. The van der Waals surface area contributed by atoms with Gasteiger partial charge in [0.05, 0.1) is 6.61 Å². The van der Waals surface area contributed by atoms with Crippen LogP contribution >= 0.6 is 0 Å². The second-order valence-corrected chi connectivity index (χ2v) is 7.83. The minimum atomic E-state index is -0.566. The Kier molecular flexibility index (Phi) is 19.3. The van der Waals surface area contributed by atoms with E-state index in [1.165, 1.54) is 57.8 Å². The quantitative estimate of drug-likeness (QED) is 0.233. The molecule has 0 bridgehead atoms. The molecule has 0 saturated heterocycles. The first-order valence-corrected chi connectivity index (χ1v) is 11.2. The third-order valence-corrected chi connectivity index (χ3v) is 4.80. The summed E-state index contributed by atoms with van der Waals surface area (Å²) in [5.74, 6) is 0. The van der Waals surface area contributed by atoms with Gasteiger partial charge in [-0.05, 0) is 46.2 Å². The van der Waals surface area contributed by atoms with E-state index in [1.54, 1.807) is 0 Å². The van der Waals surface area contributed by atoms with Crippen molar-refractivity contribution < 1.29 is 19.4 Å². The maximum absolute atomic E-state index is 11.8. The van der Waals surface area contributed by atoms with Crippen molar-refractivity contribution in [3.63, 3.8) is 0 Å². The van der Waals surface area contributed by atoms with Crippen LogP contribution in [0.4, 0.5) is 4.79 Å². The number of unbranched alkanes of at least 4 members (excludes halogenated alkanes) is 9. The molecule has 0 fully saturated rings. The minimum absolute atomic E-state index is 0.132. The van der Waals surface area contributed by atoms with Gasteiger partial charge in [0, 0.05) is 13.2 Å². The number of nitrogens with zero attached hydrogens (tertiary/aromatic N) is 1. The lowest BCUT2D eigenvalue weighted by molar-refractivity contribution is 0.0138. The molecule has 0 amide bonds. The van der Waals surface area contributed by atoms with Crippen LogP contribution in [-0.2, 0) is 9.47 Å². The highest BCUT2D eigenvalue weighted by molar-refractivity contribution is 5.60. The van der Waals surface area contributed by atoms with E-state index in [1.807, 2.05) is 14.1 Å². The Bertz CT molecular complexity index is 323. The minimum Gasteiger partial charge on any atom is -0.434 e. The van der Waals surface area contributed by atoms with Gasteiger partial charge in [0.2, 0.25) is 0 Å². The first kappa shape index (κ1) is 26.2. The van der Waals surface area contributed by atoms with Crippen molar-refractivity contribution in [2.45, 2.75) is 103 Å². The third-order valence-electron chi connectivity index (χ3n) is 4.80. The smallest absolute Gasteiger partial charge is 0.434 e. The van der Waals surface area contributed by atoms with Gasteiger partial charge in [-0.15, -0.1) is 0 Å². The zero-order chi connectivity index (χ0) is 20.2. The number of ether oxygens (including phenoxy) is 2. The average molecular weight is 388 g/mol. The van der Waals surface area contributed by atoms with Crippen LogP contribution in [0.5, 0.6) is 0 Å². The lowest BCUT2D eigenvalue weighted by Gasteiger charge is -2.17. The fraction of sp³-hybridized carbons (Fsp3) is 0.955. The molecule has 0 rings (SSSR count). The summed E-state index contributed by atoms with van der Waals surface area (Å²) >= 11 is 0. The molecule has 0 aromatic carbocycles. The van der Waals surface area contributed by atoms with Crippen LogP contribution in [0.1, 0.15) is 96.8 Å². The molecule has 0 radical (unpaired) electrons. The first-order valence-electron chi connectivity index (χ1n) is 11.2. The van der Waals surface area contributed by atoms with Crippen LogP contribution in [-0.4, -0.2) is 56.1 Å². The summed E-state index contributed by atoms with van der Waals surface area (Å²) in [5, 5.41) is 9.04. The molecule has 0 saturated carbocycles. The Morgan fingerprint density at radius 2 is 1.41 bits per heavy atom. The van der Waals surface area contributed by atoms with Crippen LogP contribution in [0.2, 0.25) is 0 Å². The van der Waals surface area contributed by atoms with Crippen LogP contribution < -0.4 is 0 Å². The van der Waals surface area contributed by atoms with E-state index in [4.69, 9.17) is 14.6 Å². The van der Waals surface area contributed by atoms with Crippen LogP contribution in [0.3, 0.4) is 0 Å². The zero-order valence-corrected chi connectivity index (χ0v) is 18.2. The lowest BCUT2D eigenvalue weighted by Crippen LogP contribution is -2.21. The molecule has 162 valence electrons. The molecule has 1 N–H and O–H groups in total. The van der Waals surface area contributed by atoms with Gasteiger partial charge in [-0.3, -0.25) is 0 Å². The average Bonchev–Trinajstić information content (AvgIpc) is 2.64. The van der Waals surface area contributed by atoms with Crippen molar-refractivity contribution in [1.82, 2.24) is 4.90 Å². The maximum Gasteiger partial charge on any atom is 0.508 e. The summed E-state index contributed by atoms with van der Waals surface area (Å²) < 4.78 is 10.6. The van der Waals surface area contributed by atoms with E-state index < -0.39 is 6.16 Å². The van der Waals surface area contributed by atoms with E-state index in [-0.39, 0.29) is 12.7 Å². The molecule has 0 aliphatic rings. The summed E-state index contributed by atoms with van der Waals surface area (Å²) in [6.45, 7) is 3.67. The number of aliphatic hydroxyl groups excluding tert-OH is 1. The number of hydrogen-bond donors (Lipinski definition) is 1. The molecule has 5 nitrogen and oxygen atoms in total. The highest BCUT2D eigenvalue weighted by Gasteiger charge is 2.15. The molecule has 0 unspecified atom stereocenters. The van der Waals surface area contributed by atoms with Gasteiger partial charge >= 0.3 is 6.16 Å². The van der Waals surface area contributed by atoms with Gasteiger partial charge in [-0.25, -0.2) is 4.79 Å². The van der Waals surface area contributed by atoms with Crippen molar-refractivity contribution in [2.75, 3.05) is 33.9 Å². The van der Waals surface area contributed by atoms with Gasteiger partial charge in [-0.2, -0.15) is 0 Å². The normalized spacial score (nSPS) is 12.3. The highest BCUT2D eigenvalue weighted by Crippen LogP contribution is 2.16. The van der Waals surface area contributed by atoms with Crippen molar-refractivity contribution in [2.24, 2.45) is 0 Å². The molecule has 0 heterocycles. The molecular formula is C22H45NO4. The summed E-state index contributed by atoms with van der Waals surface area (Å²) in [7, 11) is 3.99. The fourth-order valence-electron chi connectivity index (χ4n) is 3.15. The number of rotatable bonds is 19. The lowest BCUT2D eigenvalue weighted by atomic mass is 10.0. The van der Waals surface area contributed by atoms with Gasteiger partial charge in [0.1, 0.15) is 6.10 Å². The predicted molar refractivity (Wildman–Crippen MR) is 112 cm³/mol. The van der Waals surface area contributed by atoms with Gasteiger partial charge in [0.25, 0.3) is 0 Å². The number of carbonyl (C=O) groups excluding carboxylic acids is 1. The van der Waals surface area contributed by atoms with Gasteiger partial charge < -0.3 is 19.5 Å². The highest BCUT2D eigenvalue weighted by atomic mass is 16.7. The molecule has 0 aliphatic heterocycles. The summed E-state index contributed by atoms with van der Waals surface area (Å²) in [5.41, 5.74) is 0. The second kappa shape index (κ2) is 19.9. The van der Waals surface area contributed by atoms with Crippen molar-refractivity contribution in [3.8, 4) is 0 Å². The molecule has 0 spiro atoms. The van der Waals surface area contributed by atoms with Crippen molar-refractivity contribution >= 4 is 6.16 Å². The van der Waals surface area contributed by atoms with Crippen molar-refractivity contribution in [1.29, 1.82) is 0 Å². The Morgan fingerprint density at radius 3 is 1.96 bits per heavy atom. The van der Waals surface area contributed by atoms with Gasteiger partial charge in [-0.1, -0.05) is 64.7 Å².